The second kappa shape index (κ2) is 2.05. The van der Waals surface area contributed by atoms with Gasteiger partial charge >= 0.3 is 6.03 Å². The number of nitrogens with one attached hydrogen (secondary N) is 1. The Morgan fingerprint density at radius 3 is 3.00 bits per heavy atom. The molecule has 0 bridgehead atoms. The van der Waals surface area contributed by atoms with E-state index in [0.29, 0.717) is 0 Å². The van der Waals surface area contributed by atoms with Crippen LogP contribution in [0.5, 0.6) is 0 Å². The van der Waals surface area contributed by atoms with E-state index in [1.165, 1.54) is 5.01 Å². The minimum absolute atomic E-state index is 0.0636. The first-order valence-electron chi connectivity index (χ1n) is 2.78. The van der Waals surface area contributed by atoms with Gasteiger partial charge in [-0.3, -0.25) is 0 Å². The summed E-state index contributed by atoms with van der Waals surface area (Å²) in [4.78, 5) is 10.7. The highest BCUT2D eigenvalue weighted by Gasteiger charge is 2.13. The molecular formula is C5H9N3O. The van der Waals surface area contributed by atoms with Gasteiger partial charge in [0.05, 0.1) is 6.04 Å². The van der Waals surface area contributed by atoms with E-state index in [2.05, 4.69) is 10.4 Å². The van der Waals surface area contributed by atoms with Gasteiger partial charge in [-0.25, -0.2) is 9.80 Å². The topological polar surface area (TPSA) is 44.7 Å². The van der Waals surface area contributed by atoms with Crippen molar-refractivity contribution in [1.82, 2.24) is 10.3 Å². The highest BCUT2D eigenvalue weighted by atomic mass is 16.2. The summed E-state index contributed by atoms with van der Waals surface area (Å²) in [6, 6.07) is -0.0845. The molecule has 0 fully saturated rings. The van der Waals surface area contributed by atoms with Crippen LogP contribution in [0.3, 0.4) is 0 Å². The van der Waals surface area contributed by atoms with Crippen molar-refractivity contribution in [3.05, 3.63) is 0 Å². The van der Waals surface area contributed by atoms with Crippen LogP contribution in [-0.2, 0) is 0 Å². The highest BCUT2D eigenvalue weighted by Crippen LogP contribution is 1.92. The zero-order valence-electron chi connectivity index (χ0n) is 5.46. The van der Waals surface area contributed by atoms with Gasteiger partial charge in [0.15, 0.2) is 0 Å². The van der Waals surface area contributed by atoms with Gasteiger partial charge in [0.25, 0.3) is 0 Å². The number of amides is 2. The number of carbonyl (C=O) groups is 1. The third-order valence-electron chi connectivity index (χ3n) is 1.11. The number of hydrazone groups is 1. The van der Waals surface area contributed by atoms with Gasteiger partial charge in [-0.05, 0) is 6.92 Å². The van der Waals surface area contributed by atoms with E-state index < -0.39 is 0 Å². The molecule has 0 saturated heterocycles. The predicted molar refractivity (Wildman–Crippen MR) is 34.2 cm³/mol. The first-order valence-corrected chi connectivity index (χ1v) is 2.78. The molecule has 0 aromatic rings. The van der Waals surface area contributed by atoms with Crippen LogP contribution in [0.25, 0.3) is 0 Å². The maximum Gasteiger partial charge on any atom is 0.338 e. The Balaban J connectivity index is 2.65. The molecule has 1 aliphatic rings. The van der Waals surface area contributed by atoms with Gasteiger partial charge in [0.2, 0.25) is 0 Å². The summed E-state index contributed by atoms with van der Waals surface area (Å²) in [6.45, 7) is 1.87. The summed E-state index contributed by atoms with van der Waals surface area (Å²) < 4.78 is 0. The molecule has 1 unspecified atom stereocenters. The Morgan fingerprint density at radius 2 is 2.56 bits per heavy atom. The fourth-order valence-corrected chi connectivity index (χ4v) is 0.578. The van der Waals surface area contributed by atoms with Crippen molar-refractivity contribution in [2.24, 2.45) is 5.10 Å². The van der Waals surface area contributed by atoms with Crippen molar-refractivity contribution in [3.63, 3.8) is 0 Å². The molecule has 1 aliphatic heterocycles. The zero-order valence-corrected chi connectivity index (χ0v) is 5.46. The molecule has 4 nitrogen and oxygen atoms in total. The van der Waals surface area contributed by atoms with E-state index in [4.69, 9.17) is 0 Å². The molecule has 0 spiro atoms. The van der Waals surface area contributed by atoms with Gasteiger partial charge in [-0.15, -0.1) is 0 Å². The summed E-state index contributed by atoms with van der Waals surface area (Å²) in [5.74, 6) is 0. The normalized spacial score (nSPS) is 26.2. The standard InChI is InChI=1S/C5H9N3O/c1-4-3-6-8(2)5(9)7-4/h3-4H,1-2H3,(H,7,9). The largest absolute Gasteiger partial charge is 0.338 e. The second-order valence-corrected chi connectivity index (χ2v) is 2.03. The Labute approximate surface area is 53.5 Å². The Hall–Kier alpha value is -1.06. The smallest absolute Gasteiger partial charge is 0.329 e. The van der Waals surface area contributed by atoms with E-state index in [9.17, 15) is 4.79 Å². The number of hydrogen-bond acceptors (Lipinski definition) is 2. The van der Waals surface area contributed by atoms with Crippen LogP contribution in [0.1, 0.15) is 6.92 Å². The average Bonchev–Trinajstić information content (AvgIpc) is 1.80. The first kappa shape index (κ1) is 6.07. The van der Waals surface area contributed by atoms with E-state index in [-0.39, 0.29) is 12.1 Å². The highest BCUT2D eigenvalue weighted by molar-refractivity contribution is 5.82. The SMILES string of the molecule is CC1C=NN(C)C(=O)N1. The zero-order chi connectivity index (χ0) is 6.85. The lowest BCUT2D eigenvalue weighted by Crippen LogP contribution is -2.44. The molecule has 2 amide bonds. The minimum Gasteiger partial charge on any atom is -0.329 e. The fourth-order valence-electron chi connectivity index (χ4n) is 0.578. The lowest BCUT2D eigenvalue weighted by molar-refractivity contribution is 0.206. The molecule has 0 saturated carbocycles. The molecule has 0 aromatic carbocycles. The molecule has 1 atom stereocenters. The van der Waals surface area contributed by atoms with Crippen LogP contribution in [-0.4, -0.2) is 30.3 Å². The number of hydrogen-bond donors (Lipinski definition) is 1. The number of urea groups is 1. The molecular weight excluding hydrogens is 118 g/mol. The van der Waals surface area contributed by atoms with Crippen LogP contribution in [0, 0.1) is 0 Å². The molecule has 1 N–H and O–H groups in total. The van der Waals surface area contributed by atoms with Crippen LogP contribution in [0.2, 0.25) is 0 Å². The Kier molecular flexibility index (Phi) is 1.38. The molecule has 9 heavy (non-hydrogen) atoms. The molecule has 4 heteroatoms. The minimum atomic E-state index is -0.148. The van der Waals surface area contributed by atoms with Gasteiger partial charge < -0.3 is 5.32 Å². The molecule has 0 aromatic heterocycles. The maximum absolute atomic E-state index is 10.7. The van der Waals surface area contributed by atoms with Crippen molar-refractivity contribution >= 4 is 12.2 Å². The summed E-state index contributed by atoms with van der Waals surface area (Å²) in [6.07, 6.45) is 1.68. The van der Waals surface area contributed by atoms with Crippen molar-refractivity contribution in [3.8, 4) is 0 Å². The van der Waals surface area contributed by atoms with Crippen molar-refractivity contribution in [2.75, 3.05) is 7.05 Å². The molecule has 0 radical (unpaired) electrons. The van der Waals surface area contributed by atoms with E-state index in [1.54, 1.807) is 13.3 Å². The van der Waals surface area contributed by atoms with Crippen molar-refractivity contribution in [1.29, 1.82) is 0 Å². The Morgan fingerprint density at radius 1 is 1.89 bits per heavy atom. The first-order chi connectivity index (χ1) is 4.20. The van der Waals surface area contributed by atoms with Gasteiger partial charge in [0, 0.05) is 13.3 Å². The lowest BCUT2D eigenvalue weighted by atomic mass is 10.4. The van der Waals surface area contributed by atoms with E-state index in [0.717, 1.165) is 0 Å². The van der Waals surface area contributed by atoms with E-state index >= 15 is 0 Å². The number of nitrogens with zero attached hydrogens (tertiary/aromatic N) is 2. The third-order valence-corrected chi connectivity index (χ3v) is 1.11. The van der Waals surface area contributed by atoms with E-state index in [1.807, 2.05) is 6.92 Å². The second-order valence-electron chi connectivity index (χ2n) is 2.03. The van der Waals surface area contributed by atoms with Crippen LogP contribution in [0.15, 0.2) is 5.10 Å². The summed E-state index contributed by atoms with van der Waals surface area (Å²) in [7, 11) is 1.61. The van der Waals surface area contributed by atoms with Gasteiger partial charge in [-0.1, -0.05) is 0 Å². The maximum atomic E-state index is 10.7. The lowest BCUT2D eigenvalue weighted by Gasteiger charge is -2.19. The number of carbonyl (C=O) groups excluding carboxylic acids is 1. The molecule has 50 valence electrons. The average molecular weight is 127 g/mol. The quantitative estimate of drug-likeness (QED) is 0.489. The van der Waals surface area contributed by atoms with Crippen LogP contribution < -0.4 is 5.32 Å². The monoisotopic (exact) mass is 127 g/mol. The van der Waals surface area contributed by atoms with Gasteiger partial charge in [-0.2, -0.15) is 5.10 Å². The summed E-state index contributed by atoms with van der Waals surface area (Å²) >= 11 is 0. The van der Waals surface area contributed by atoms with Crippen molar-refractivity contribution in [2.45, 2.75) is 13.0 Å². The van der Waals surface area contributed by atoms with Crippen molar-refractivity contribution < 1.29 is 4.79 Å². The van der Waals surface area contributed by atoms with Crippen LogP contribution in [0.4, 0.5) is 4.79 Å². The fraction of sp³-hybridized carbons (Fsp3) is 0.600. The third kappa shape index (κ3) is 1.19. The summed E-state index contributed by atoms with van der Waals surface area (Å²) in [5, 5.41) is 7.72. The predicted octanol–water partition coefficient (Wildman–Crippen LogP) is 0.0157. The molecule has 0 aliphatic carbocycles. The number of rotatable bonds is 0. The Bertz CT molecular complexity index is 154. The van der Waals surface area contributed by atoms with Gasteiger partial charge in [0.1, 0.15) is 0 Å². The molecule has 1 rings (SSSR count). The molecule has 1 heterocycles. The van der Waals surface area contributed by atoms with Crippen LogP contribution >= 0.6 is 0 Å². The summed E-state index contributed by atoms with van der Waals surface area (Å²) in [5.41, 5.74) is 0.